The lowest BCUT2D eigenvalue weighted by atomic mass is 9.76. The van der Waals surface area contributed by atoms with Crippen molar-refractivity contribution in [2.24, 2.45) is 5.92 Å². The molecule has 0 spiro atoms. The minimum Gasteiger partial charge on any atom is -0.437 e. The number of hydrogen-bond acceptors (Lipinski definition) is 7. The van der Waals surface area contributed by atoms with Gasteiger partial charge in [-0.2, -0.15) is 0 Å². The molecule has 2 N–H and O–H groups in total. The molecule has 27 heavy (non-hydrogen) atoms. The monoisotopic (exact) mass is 368 g/mol. The van der Waals surface area contributed by atoms with Crippen LogP contribution in [-0.4, -0.2) is 39.1 Å². The summed E-state index contributed by atoms with van der Waals surface area (Å²) in [6, 6.07) is 3.66. The molecule has 2 heterocycles. The highest BCUT2D eigenvalue weighted by atomic mass is 16.5. The molecular weight excluding hydrogens is 347 g/mol. The molecular formula is C19H21BN2O5. The molecule has 7 nitrogen and oxygen atoms in total. The van der Waals surface area contributed by atoms with E-state index in [0.29, 0.717) is 12.4 Å². The molecule has 1 aromatic carbocycles. The van der Waals surface area contributed by atoms with E-state index >= 15 is 0 Å². The lowest BCUT2D eigenvalue weighted by Gasteiger charge is -2.13. The Balaban J connectivity index is 1.45. The van der Waals surface area contributed by atoms with Gasteiger partial charge in [-0.05, 0) is 48.3 Å². The molecule has 1 aliphatic carbocycles. The number of aromatic nitrogens is 2. The number of aliphatic hydroxyl groups is 1. The molecule has 8 heteroatoms. The van der Waals surface area contributed by atoms with Gasteiger partial charge in [0.25, 0.3) is 0 Å². The van der Waals surface area contributed by atoms with Crippen LogP contribution in [0.1, 0.15) is 47.3 Å². The molecule has 1 fully saturated rings. The second-order valence-corrected chi connectivity index (χ2v) is 7.15. The molecule has 2 aliphatic rings. The molecule has 0 amide bonds. The van der Waals surface area contributed by atoms with Crippen LogP contribution >= 0.6 is 0 Å². The Morgan fingerprint density at radius 2 is 2.19 bits per heavy atom. The fraction of sp³-hybridized carbons (Fsp3) is 0.421. The quantitative estimate of drug-likeness (QED) is 0.610. The van der Waals surface area contributed by atoms with E-state index in [-0.39, 0.29) is 29.7 Å². The molecule has 1 aliphatic heterocycles. The third kappa shape index (κ3) is 3.60. The Labute approximate surface area is 157 Å². The first-order valence-electron chi connectivity index (χ1n) is 9.16. The second-order valence-electron chi connectivity index (χ2n) is 7.15. The summed E-state index contributed by atoms with van der Waals surface area (Å²) in [6.07, 6.45) is 5.30. The first-order chi connectivity index (χ1) is 13.0. The summed E-state index contributed by atoms with van der Waals surface area (Å²) in [4.78, 5) is 20.7. The maximum atomic E-state index is 12.3. The number of carbonyl (C=O) groups excluding carboxylic acids is 1. The summed E-state index contributed by atoms with van der Waals surface area (Å²) >= 11 is 0. The lowest BCUT2D eigenvalue weighted by Crippen LogP contribution is -2.30. The Morgan fingerprint density at radius 1 is 1.33 bits per heavy atom. The number of carbonyl (C=O) groups is 1. The number of hydrogen-bond donors (Lipinski definition) is 2. The van der Waals surface area contributed by atoms with Gasteiger partial charge in [0.15, 0.2) is 5.78 Å². The SMILES string of the molecule is Cc1c(Oc2cnc(C(=O)C[C@H]3CCC[C@@H]3O)cn2)ccc2c1B(O)OC2. The van der Waals surface area contributed by atoms with Crippen LogP contribution in [0.25, 0.3) is 0 Å². The maximum absolute atomic E-state index is 12.3. The van der Waals surface area contributed by atoms with Crippen LogP contribution in [0.2, 0.25) is 0 Å². The summed E-state index contributed by atoms with van der Waals surface area (Å²) in [7, 11) is -0.944. The van der Waals surface area contributed by atoms with Gasteiger partial charge in [-0.15, -0.1) is 0 Å². The van der Waals surface area contributed by atoms with Gasteiger partial charge in [0, 0.05) is 6.42 Å². The number of Topliss-reactive ketones (excluding diaryl/α,β-unsaturated/α-hetero) is 1. The fourth-order valence-electron chi connectivity index (χ4n) is 3.82. The molecule has 0 unspecified atom stereocenters. The van der Waals surface area contributed by atoms with Crippen molar-refractivity contribution in [3.05, 3.63) is 41.3 Å². The third-order valence-electron chi connectivity index (χ3n) is 5.39. The van der Waals surface area contributed by atoms with Crippen molar-refractivity contribution in [2.45, 2.75) is 45.3 Å². The van der Waals surface area contributed by atoms with E-state index in [1.165, 1.54) is 12.4 Å². The van der Waals surface area contributed by atoms with Gasteiger partial charge in [0.2, 0.25) is 5.88 Å². The second kappa shape index (κ2) is 7.38. The van der Waals surface area contributed by atoms with Gasteiger partial charge in [0.1, 0.15) is 11.4 Å². The van der Waals surface area contributed by atoms with E-state index in [1.54, 1.807) is 6.07 Å². The average Bonchev–Trinajstić information content (AvgIpc) is 3.24. The number of ketones is 1. The van der Waals surface area contributed by atoms with E-state index in [9.17, 15) is 14.9 Å². The molecule has 2 atom stereocenters. The van der Waals surface area contributed by atoms with Crippen LogP contribution in [0, 0.1) is 12.8 Å². The van der Waals surface area contributed by atoms with Crippen molar-refractivity contribution in [1.29, 1.82) is 0 Å². The maximum Gasteiger partial charge on any atom is 0.492 e. The standard InChI is InChI=1S/C19H21BN2O5/c1-11-17(6-5-13-10-26-20(25)19(11)13)27-18-9-21-14(8-22-18)16(24)7-12-3-2-4-15(12)23/h5-6,8-9,12,15,23,25H,2-4,7,10H2,1H3/t12-,15+/m1/s1. The topological polar surface area (TPSA) is 102 Å². The summed E-state index contributed by atoms with van der Waals surface area (Å²) in [5, 5.41) is 19.8. The van der Waals surface area contributed by atoms with Gasteiger partial charge in [-0.1, -0.05) is 12.5 Å². The van der Waals surface area contributed by atoms with E-state index in [2.05, 4.69) is 9.97 Å². The fourth-order valence-corrected chi connectivity index (χ4v) is 3.82. The zero-order valence-corrected chi connectivity index (χ0v) is 15.1. The number of ether oxygens (including phenoxy) is 1. The minimum absolute atomic E-state index is 0.0120. The van der Waals surface area contributed by atoms with E-state index < -0.39 is 13.2 Å². The largest absolute Gasteiger partial charge is 0.492 e. The number of fused-ring (bicyclic) bond motifs is 1. The summed E-state index contributed by atoms with van der Waals surface area (Å²) < 4.78 is 11.0. The average molecular weight is 368 g/mol. The first-order valence-corrected chi connectivity index (χ1v) is 9.16. The summed E-state index contributed by atoms with van der Waals surface area (Å²) in [6.45, 7) is 2.23. The molecule has 0 bridgehead atoms. The van der Waals surface area contributed by atoms with Crippen molar-refractivity contribution in [3.63, 3.8) is 0 Å². The molecule has 0 saturated heterocycles. The van der Waals surface area contributed by atoms with Gasteiger partial charge >= 0.3 is 7.12 Å². The van der Waals surface area contributed by atoms with Crippen LogP contribution in [0.15, 0.2) is 24.5 Å². The lowest BCUT2D eigenvalue weighted by molar-refractivity contribution is 0.0863. The Morgan fingerprint density at radius 3 is 2.89 bits per heavy atom. The van der Waals surface area contributed by atoms with Crippen LogP contribution in [0.3, 0.4) is 0 Å². The number of aliphatic hydroxyl groups excluding tert-OH is 1. The van der Waals surface area contributed by atoms with Crippen molar-refractivity contribution in [1.82, 2.24) is 9.97 Å². The van der Waals surface area contributed by atoms with Crippen molar-refractivity contribution < 1.29 is 24.3 Å². The number of benzene rings is 1. The highest BCUT2D eigenvalue weighted by Gasteiger charge is 2.31. The first kappa shape index (κ1) is 18.1. The van der Waals surface area contributed by atoms with Gasteiger partial charge < -0.3 is 19.5 Å². The normalized spacial score (nSPS) is 21.4. The number of nitrogens with zero attached hydrogens (tertiary/aromatic N) is 2. The molecule has 4 rings (SSSR count). The zero-order chi connectivity index (χ0) is 19.0. The van der Waals surface area contributed by atoms with Crippen molar-refractivity contribution in [2.75, 3.05) is 0 Å². The zero-order valence-electron chi connectivity index (χ0n) is 15.1. The Kier molecular flexibility index (Phi) is 4.95. The predicted octanol–water partition coefficient (Wildman–Crippen LogP) is 1.53. The summed E-state index contributed by atoms with van der Waals surface area (Å²) in [5.74, 6) is 0.719. The van der Waals surface area contributed by atoms with E-state index in [4.69, 9.17) is 9.39 Å². The Hall–Kier alpha value is -2.29. The van der Waals surface area contributed by atoms with Crippen LogP contribution in [-0.2, 0) is 11.3 Å². The highest BCUT2D eigenvalue weighted by Crippen LogP contribution is 2.29. The van der Waals surface area contributed by atoms with Gasteiger partial charge in [-0.3, -0.25) is 4.79 Å². The van der Waals surface area contributed by atoms with Gasteiger partial charge in [0.05, 0.1) is 25.1 Å². The minimum atomic E-state index is -0.944. The predicted molar refractivity (Wildman–Crippen MR) is 98.0 cm³/mol. The van der Waals surface area contributed by atoms with E-state index in [0.717, 1.165) is 35.9 Å². The Bertz CT molecular complexity index is 858. The third-order valence-corrected chi connectivity index (χ3v) is 5.39. The van der Waals surface area contributed by atoms with Crippen LogP contribution in [0.5, 0.6) is 11.6 Å². The smallest absolute Gasteiger partial charge is 0.437 e. The number of rotatable bonds is 5. The van der Waals surface area contributed by atoms with Crippen molar-refractivity contribution >= 4 is 18.4 Å². The molecule has 1 saturated carbocycles. The van der Waals surface area contributed by atoms with E-state index in [1.807, 2.05) is 13.0 Å². The van der Waals surface area contributed by atoms with Crippen LogP contribution in [0.4, 0.5) is 0 Å². The van der Waals surface area contributed by atoms with Crippen molar-refractivity contribution in [3.8, 4) is 11.6 Å². The molecule has 0 radical (unpaired) electrons. The molecule has 1 aromatic heterocycles. The van der Waals surface area contributed by atoms with Gasteiger partial charge in [-0.25, -0.2) is 9.97 Å². The highest BCUT2D eigenvalue weighted by molar-refractivity contribution is 6.62. The molecule has 140 valence electrons. The molecule has 2 aromatic rings. The summed E-state index contributed by atoms with van der Waals surface area (Å²) in [5.41, 5.74) is 2.72. The van der Waals surface area contributed by atoms with Crippen LogP contribution < -0.4 is 10.2 Å².